The minimum Gasteiger partial charge on any atom is -0.275 e. The van der Waals surface area contributed by atoms with Crippen LogP contribution in [0.25, 0.3) is 11.1 Å². The molecule has 0 radical (unpaired) electrons. The molecule has 96 valence electrons. The van der Waals surface area contributed by atoms with Gasteiger partial charge in [-0.3, -0.25) is 4.68 Å². The molecule has 18 heavy (non-hydrogen) atoms. The van der Waals surface area contributed by atoms with E-state index in [-0.39, 0.29) is 0 Å². The van der Waals surface area contributed by atoms with Crippen molar-refractivity contribution < 1.29 is 13.2 Å². The smallest absolute Gasteiger partial charge is 0.275 e. The minimum atomic E-state index is -4.29. The fourth-order valence-electron chi connectivity index (χ4n) is 1.88. The first-order valence-corrected chi connectivity index (χ1v) is 5.62. The Kier molecular flexibility index (Phi) is 3.15. The van der Waals surface area contributed by atoms with Crippen molar-refractivity contribution in [1.29, 1.82) is 0 Å². The lowest BCUT2D eigenvalue weighted by atomic mass is 10.0. The molecule has 0 saturated heterocycles. The quantitative estimate of drug-likeness (QED) is 0.799. The van der Waals surface area contributed by atoms with Crippen LogP contribution in [-0.2, 0) is 19.6 Å². The van der Waals surface area contributed by atoms with E-state index in [2.05, 4.69) is 5.10 Å². The van der Waals surface area contributed by atoms with Crippen molar-refractivity contribution in [2.24, 2.45) is 7.05 Å². The van der Waals surface area contributed by atoms with Crippen LogP contribution in [0.4, 0.5) is 13.2 Å². The van der Waals surface area contributed by atoms with Crippen LogP contribution >= 0.6 is 0 Å². The van der Waals surface area contributed by atoms with Crippen LogP contribution in [0.5, 0.6) is 0 Å². The second-order valence-electron chi connectivity index (χ2n) is 4.09. The van der Waals surface area contributed by atoms with Crippen LogP contribution in [0.2, 0.25) is 0 Å². The van der Waals surface area contributed by atoms with Gasteiger partial charge in [0.15, 0.2) is 0 Å². The van der Waals surface area contributed by atoms with Gasteiger partial charge in [0.25, 0.3) is 0 Å². The maximum atomic E-state index is 12.5. The van der Waals surface area contributed by atoms with Crippen molar-refractivity contribution in [2.45, 2.75) is 19.5 Å². The van der Waals surface area contributed by atoms with Gasteiger partial charge in [0.2, 0.25) is 0 Å². The maximum Gasteiger partial charge on any atom is 0.416 e. The number of alkyl halides is 3. The van der Waals surface area contributed by atoms with Crippen LogP contribution in [0.1, 0.15) is 18.2 Å². The molecule has 0 amide bonds. The van der Waals surface area contributed by atoms with Gasteiger partial charge in [-0.05, 0) is 24.1 Å². The van der Waals surface area contributed by atoms with Crippen molar-refractivity contribution in [1.82, 2.24) is 9.78 Å². The molecule has 0 atom stereocenters. The van der Waals surface area contributed by atoms with Crippen LogP contribution in [0.15, 0.2) is 30.5 Å². The Morgan fingerprint density at radius 3 is 2.28 bits per heavy atom. The molecular weight excluding hydrogens is 241 g/mol. The van der Waals surface area contributed by atoms with Crippen LogP contribution in [-0.4, -0.2) is 9.78 Å². The van der Waals surface area contributed by atoms with E-state index in [1.165, 1.54) is 12.1 Å². The number of aromatic nitrogens is 2. The minimum absolute atomic E-state index is 0.631. The molecule has 0 aliphatic heterocycles. The number of nitrogens with zero attached hydrogens (tertiary/aromatic N) is 2. The number of rotatable bonds is 2. The lowest BCUT2D eigenvalue weighted by molar-refractivity contribution is -0.137. The molecule has 0 aliphatic carbocycles. The van der Waals surface area contributed by atoms with E-state index in [1.54, 1.807) is 11.7 Å². The zero-order chi connectivity index (χ0) is 13.3. The summed E-state index contributed by atoms with van der Waals surface area (Å²) in [5.74, 6) is 0. The Morgan fingerprint density at radius 2 is 1.78 bits per heavy atom. The van der Waals surface area contributed by atoms with Gasteiger partial charge in [-0.1, -0.05) is 19.1 Å². The van der Waals surface area contributed by atoms with Crippen molar-refractivity contribution in [3.05, 3.63) is 41.7 Å². The summed E-state index contributed by atoms with van der Waals surface area (Å²) in [5, 5.41) is 4.27. The largest absolute Gasteiger partial charge is 0.416 e. The molecule has 2 nitrogen and oxygen atoms in total. The van der Waals surface area contributed by atoms with Gasteiger partial charge in [-0.2, -0.15) is 18.3 Å². The molecule has 0 unspecified atom stereocenters. The number of hydrogen-bond donors (Lipinski definition) is 0. The van der Waals surface area contributed by atoms with Gasteiger partial charge in [-0.15, -0.1) is 0 Å². The molecule has 0 saturated carbocycles. The second kappa shape index (κ2) is 4.48. The molecule has 1 heterocycles. The lowest BCUT2D eigenvalue weighted by Crippen LogP contribution is -2.04. The van der Waals surface area contributed by atoms with Crippen molar-refractivity contribution in [3.63, 3.8) is 0 Å². The molecule has 0 aliphatic rings. The second-order valence-corrected chi connectivity index (χ2v) is 4.09. The summed E-state index contributed by atoms with van der Waals surface area (Å²) in [7, 11) is 1.80. The summed E-state index contributed by atoms with van der Waals surface area (Å²) in [6, 6.07) is 5.17. The average Bonchev–Trinajstić information content (AvgIpc) is 2.69. The highest BCUT2D eigenvalue weighted by atomic mass is 19.4. The zero-order valence-electron chi connectivity index (χ0n) is 10.1. The fourth-order valence-corrected chi connectivity index (χ4v) is 1.88. The third kappa shape index (κ3) is 2.39. The number of hydrogen-bond acceptors (Lipinski definition) is 1. The van der Waals surface area contributed by atoms with Gasteiger partial charge in [-0.25, -0.2) is 0 Å². The van der Waals surface area contributed by atoms with Crippen molar-refractivity contribution in [2.75, 3.05) is 0 Å². The highest BCUT2D eigenvalue weighted by molar-refractivity contribution is 5.65. The van der Waals surface area contributed by atoms with Crippen LogP contribution < -0.4 is 0 Å². The van der Waals surface area contributed by atoms with Crippen molar-refractivity contribution in [3.8, 4) is 11.1 Å². The summed E-state index contributed by atoms with van der Waals surface area (Å²) in [4.78, 5) is 0. The van der Waals surface area contributed by atoms with E-state index in [4.69, 9.17) is 0 Å². The number of aryl methyl sites for hydroxylation is 2. The molecule has 0 N–H and O–H groups in total. The topological polar surface area (TPSA) is 17.8 Å². The van der Waals surface area contributed by atoms with Gasteiger partial charge in [0.05, 0.1) is 11.3 Å². The van der Waals surface area contributed by atoms with Gasteiger partial charge < -0.3 is 0 Å². The highest BCUT2D eigenvalue weighted by Crippen LogP contribution is 2.31. The first-order valence-electron chi connectivity index (χ1n) is 5.62. The monoisotopic (exact) mass is 254 g/mol. The van der Waals surface area contributed by atoms with Gasteiger partial charge in [0.1, 0.15) is 0 Å². The van der Waals surface area contributed by atoms with E-state index < -0.39 is 11.7 Å². The van der Waals surface area contributed by atoms with E-state index in [1.807, 2.05) is 13.1 Å². The maximum absolute atomic E-state index is 12.5. The Morgan fingerprint density at radius 1 is 1.17 bits per heavy atom. The predicted octanol–water partition coefficient (Wildman–Crippen LogP) is 3.67. The van der Waals surface area contributed by atoms with E-state index >= 15 is 0 Å². The highest BCUT2D eigenvalue weighted by Gasteiger charge is 2.30. The Hall–Kier alpha value is -1.78. The molecule has 2 aromatic rings. The van der Waals surface area contributed by atoms with Crippen LogP contribution in [0.3, 0.4) is 0 Å². The number of benzene rings is 1. The summed E-state index contributed by atoms with van der Waals surface area (Å²) in [6.45, 7) is 1.97. The van der Waals surface area contributed by atoms with Crippen LogP contribution in [0, 0.1) is 0 Å². The standard InChI is InChI=1S/C13H13F3N2/c1-3-12-11(8-18(2)17-12)9-4-6-10(7-5-9)13(14,15)16/h4-8H,3H2,1-2H3. The first-order chi connectivity index (χ1) is 8.41. The molecule has 0 fully saturated rings. The molecule has 5 heteroatoms. The van der Waals surface area contributed by atoms with E-state index in [0.29, 0.717) is 0 Å². The van der Waals surface area contributed by atoms with E-state index in [9.17, 15) is 13.2 Å². The van der Waals surface area contributed by atoms with Crippen molar-refractivity contribution >= 4 is 0 Å². The lowest BCUT2D eigenvalue weighted by Gasteiger charge is -2.07. The first kappa shape index (κ1) is 12.7. The summed E-state index contributed by atoms with van der Waals surface area (Å²) in [5.41, 5.74) is 1.90. The van der Waals surface area contributed by atoms with E-state index in [0.717, 1.165) is 35.4 Å². The normalized spacial score (nSPS) is 11.8. The summed E-state index contributed by atoms with van der Waals surface area (Å²) in [6.07, 6.45) is -1.72. The molecule has 1 aromatic heterocycles. The van der Waals surface area contributed by atoms with Gasteiger partial charge in [0, 0.05) is 18.8 Å². The Balaban J connectivity index is 2.40. The molecule has 1 aromatic carbocycles. The third-order valence-electron chi connectivity index (χ3n) is 2.76. The molecule has 0 spiro atoms. The molecule has 2 rings (SSSR count). The fraction of sp³-hybridized carbons (Fsp3) is 0.308. The Labute approximate surface area is 103 Å². The SMILES string of the molecule is CCc1nn(C)cc1-c1ccc(C(F)(F)F)cc1. The predicted molar refractivity (Wildman–Crippen MR) is 63.0 cm³/mol. The zero-order valence-corrected chi connectivity index (χ0v) is 10.1. The summed E-state index contributed by atoms with van der Waals surface area (Å²) < 4.78 is 39.0. The Bertz CT molecular complexity index is 538. The summed E-state index contributed by atoms with van der Waals surface area (Å²) >= 11 is 0. The molecular formula is C13H13F3N2. The molecule has 0 bridgehead atoms. The average molecular weight is 254 g/mol. The van der Waals surface area contributed by atoms with Gasteiger partial charge >= 0.3 is 6.18 Å². The number of halogens is 3. The third-order valence-corrected chi connectivity index (χ3v) is 2.76.